The van der Waals surface area contributed by atoms with Crippen LogP contribution >= 0.6 is 11.8 Å². The summed E-state index contributed by atoms with van der Waals surface area (Å²) >= 11 is 1.43. The second-order valence-corrected chi connectivity index (χ2v) is 8.91. The van der Waals surface area contributed by atoms with Gasteiger partial charge < -0.3 is 9.88 Å². The molecule has 4 fully saturated rings. The number of hydrogen-bond donors (Lipinski definition) is 1. The van der Waals surface area contributed by atoms with Gasteiger partial charge in [0, 0.05) is 30.3 Å². The van der Waals surface area contributed by atoms with Crippen LogP contribution in [0, 0.1) is 24.7 Å². The molecule has 5 nitrogen and oxygen atoms in total. The van der Waals surface area contributed by atoms with Crippen LogP contribution in [0.2, 0.25) is 0 Å². The summed E-state index contributed by atoms with van der Waals surface area (Å²) in [6.07, 6.45) is 9.21. The third-order valence-electron chi connectivity index (χ3n) is 6.41. The molecule has 25 heavy (non-hydrogen) atoms. The lowest BCUT2D eigenvalue weighted by Crippen LogP contribution is -2.42. The largest absolute Gasteiger partial charge is 0.339 e. The van der Waals surface area contributed by atoms with Gasteiger partial charge in [-0.05, 0) is 69.5 Å². The van der Waals surface area contributed by atoms with Crippen LogP contribution < -0.4 is 5.56 Å². The number of nitrogens with one attached hydrogen (secondary N) is 1. The summed E-state index contributed by atoms with van der Waals surface area (Å²) < 4.78 is 0. The van der Waals surface area contributed by atoms with Crippen molar-refractivity contribution in [3.8, 4) is 0 Å². The zero-order valence-corrected chi connectivity index (χ0v) is 15.9. The highest BCUT2D eigenvalue weighted by Gasteiger charge is 2.43. The fourth-order valence-corrected chi connectivity index (χ4v) is 5.86. The first-order chi connectivity index (χ1) is 12.0. The number of carbonyl (C=O) groups is 1. The molecule has 4 aliphatic rings. The summed E-state index contributed by atoms with van der Waals surface area (Å²) in [6.45, 7) is 2.80. The first-order valence-corrected chi connectivity index (χ1v) is 10.7. The summed E-state index contributed by atoms with van der Waals surface area (Å²) in [4.78, 5) is 34.6. The van der Waals surface area contributed by atoms with Gasteiger partial charge in [0.2, 0.25) is 5.91 Å². The minimum absolute atomic E-state index is 0.0968. The Kier molecular flexibility index (Phi) is 4.65. The molecule has 0 spiro atoms. The van der Waals surface area contributed by atoms with Crippen molar-refractivity contribution in [2.24, 2.45) is 17.8 Å². The van der Waals surface area contributed by atoms with Crippen molar-refractivity contribution in [1.82, 2.24) is 14.9 Å². The van der Waals surface area contributed by atoms with E-state index in [-0.39, 0.29) is 11.5 Å². The molecule has 2 saturated carbocycles. The van der Waals surface area contributed by atoms with Gasteiger partial charge in [0.15, 0.2) is 5.16 Å². The zero-order valence-electron chi connectivity index (χ0n) is 15.1. The minimum atomic E-state index is -0.0968. The van der Waals surface area contributed by atoms with Crippen LogP contribution in [0.1, 0.15) is 49.8 Å². The number of fused-ring (bicyclic) bond motifs is 1. The van der Waals surface area contributed by atoms with Crippen molar-refractivity contribution >= 4 is 17.7 Å². The maximum Gasteiger partial charge on any atom is 0.254 e. The second-order valence-electron chi connectivity index (χ2n) is 8.12. The average Bonchev–Trinajstić information content (AvgIpc) is 2.77. The highest BCUT2D eigenvalue weighted by molar-refractivity contribution is 7.98. The Labute approximate surface area is 153 Å². The number of hydrogen-bond acceptors (Lipinski definition) is 4. The van der Waals surface area contributed by atoms with Crippen LogP contribution in [0.25, 0.3) is 0 Å². The fourth-order valence-electron chi connectivity index (χ4n) is 5.44. The molecule has 1 aromatic heterocycles. The quantitative estimate of drug-likeness (QED) is 0.661. The van der Waals surface area contributed by atoms with Crippen LogP contribution in [-0.2, 0) is 11.2 Å². The molecule has 2 unspecified atom stereocenters. The van der Waals surface area contributed by atoms with E-state index >= 15 is 0 Å². The number of aryl methyl sites for hydroxylation is 1. The molecule has 5 rings (SSSR count). The number of H-pyrrole nitrogens is 1. The van der Waals surface area contributed by atoms with E-state index in [0.717, 1.165) is 24.1 Å². The van der Waals surface area contributed by atoms with E-state index in [1.165, 1.54) is 43.9 Å². The molecule has 1 amide bonds. The van der Waals surface area contributed by atoms with Crippen molar-refractivity contribution in [2.75, 3.05) is 12.8 Å². The van der Waals surface area contributed by atoms with Gasteiger partial charge in [-0.15, -0.1) is 0 Å². The van der Waals surface area contributed by atoms with E-state index in [9.17, 15) is 9.59 Å². The van der Waals surface area contributed by atoms with E-state index in [2.05, 4.69) is 14.9 Å². The van der Waals surface area contributed by atoms with Crippen LogP contribution in [0.4, 0.5) is 0 Å². The molecular weight excluding hydrogens is 334 g/mol. The van der Waals surface area contributed by atoms with E-state index in [1.54, 1.807) is 0 Å². The van der Waals surface area contributed by atoms with Gasteiger partial charge in [-0.25, -0.2) is 4.98 Å². The Bertz CT molecular complexity index is 718. The highest BCUT2D eigenvalue weighted by atomic mass is 32.2. The van der Waals surface area contributed by atoms with E-state index in [1.807, 2.05) is 13.2 Å². The SMILES string of the molecule is CSc1nc(C)c(CCC(=O)N2CC3C[C@@H]4CC2C[C@H](C3)C4)c(=O)[nH]1. The maximum absolute atomic E-state index is 12.9. The number of rotatable bonds is 4. The number of amides is 1. The Hall–Kier alpha value is -1.30. The Balaban J connectivity index is 1.45. The Morgan fingerprint density at radius 3 is 2.52 bits per heavy atom. The topological polar surface area (TPSA) is 66.1 Å². The molecule has 0 aromatic carbocycles. The Morgan fingerprint density at radius 2 is 1.88 bits per heavy atom. The fraction of sp³-hybridized carbons (Fsp3) is 0.737. The normalized spacial score (nSPS) is 30.6. The predicted octanol–water partition coefficient (Wildman–Crippen LogP) is 2.77. The molecule has 1 N–H and O–H groups in total. The molecule has 4 atom stereocenters. The third kappa shape index (κ3) is 3.37. The second kappa shape index (κ2) is 6.78. The molecule has 6 heteroatoms. The lowest BCUT2D eigenvalue weighted by Gasteiger charge is -2.39. The molecule has 2 aliphatic carbocycles. The summed E-state index contributed by atoms with van der Waals surface area (Å²) in [5.74, 6) is 2.61. The summed E-state index contributed by atoms with van der Waals surface area (Å²) in [5, 5.41) is 0.637. The molecular formula is C19H27N3O2S. The minimum Gasteiger partial charge on any atom is -0.339 e. The average molecular weight is 362 g/mol. The number of aromatic nitrogens is 2. The maximum atomic E-state index is 12.9. The monoisotopic (exact) mass is 361 g/mol. The van der Waals surface area contributed by atoms with Gasteiger partial charge in [0.05, 0.1) is 0 Å². The molecule has 1 aromatic rings. The summed E-state index contributed by atoms with van der Waals surface area (Å²) in [6, 6.07) is 0.445. The standard InChI is InChI=1S/C19H27N3O2S/c1-11-16(18(24)21-19(20-11)25-2)3-4-17(23)22-10-14-6-12-5-13(7-14)9-15(22)8-12/h12-15H,3-10H2,1-2H3,(H,20,21,24)/t12-,13+,14?,15?. The van der Waals surface area contributed by atoms with Gasteiger partial charge in [0.25, 0.3) is 5.56 Å². The van der Waals surface area contributed by atoms with Crippen molar-refractivity contribution in [3.05, 3.63) is 21.6 Å². The first kappa shape index (κ1) is 17.1. The van der Waals surface area contributed by atoms with Gasteiger partial charge >= 0.3 is 0 Å². The molecule has 136 valence electrons. The summed E-state index contributed by atoms with van der Waals surface area (Å²) in [5.41, 5.74) is 1.31. The van der Waals surface area contributed by atoms with Crippen LogP contribution in [0.5, 0.6) is 0 Å². The van der Waals surface area contributed by atoms with Gasteiger partial charge in [-0.3, -0.25) is 9.59 Å². The lowest BCUT2D eigenvalue weighted by molar-refractivity contribution is -0.134. The molecule has 3 heterocycles. The van der Waals surface area contributed by atoms with E-state index in [4.69, 9.17) is 0 Å². The van der Waals surface area contributed by atoms with Crippen molar-refractivity contribution < 1.29 is 4.79 Å². The van der Waals surface area contributed by atoms with E-state index in [0.29, 0.717) is 35.5 Å². The highest BCUT2D eigenvalue weighted by Crippen LogP contribution is 2.47. The number of aromatic amines is 1. The van der Waals surface area contributed by atoms with Crippen LogP contribution in [0.15, 0.2) is 9.95 Å². The van der Waals surface area contributed by atoms with E-state index < -0.39 is 0 Å². The molecule has 2 saturated heterocycles. The molecule has 2 aliphatic heterocycles. The van der Waals surface area contributed by atoms with Gasteiger partial charge in [0.1, 0.15) is 0 Å². The molecule has 0 radical (unpaired) electrons. The number of carbonyl (C=O) groups excluding carboxylic acids is 1. The Morgan fingerprint density at radius 1 is 1.20 bits per heavy atom. The lowest BCUT2D eigenvalue weighted by atomic mass is 9.68. The van der Waals surface area contributed by atoms with Crippen molar-refractivity contribution in [1.29, 1.82) is 0 Å². The molecule has 4 bridgehead atoms. The third-order valence-corrected chi connectivity index (χ3v) is 6.99. The number of nitrogens with zero attached hydrogens (tertiary/aromatic N) is 2. The predicted molar refractivity (Wildman–Crippen MR) is 98.8 cm³/mol. The number of thioether (sulfide) groups is 1. The zero-order chi connectivity index (χ0) is 17.6. The van der Waals surface area contributed by atoms with Crippen LogP contribution in [0.3, 0.4) is 0 Å². The van der Waals surface area contributed by atoms with Crippen LogP contribution in [-0.4, -0.2) is 39.6 Å². The van der Waals surface area contributed by atoms with Gasteiger partial charge in [-0.2, -0.15) is 0 Å². The van der Waals surface area contributed by atoms with Crippen molar-refractivity contribution in [3.63, 3.8) is 0 Å². The summed E-state index contributed by atoms with van der Waals surface area (Å²) in [7, 11) is 0. The van der Waals surface area contributed by atoms with Gasteiger partial charge in [-0.1, -0.05) is 11.8 Å². The smallest absolute Gasteiger partial charge is 0.254 e. The first-order valence-electron chi connectivity index (χ1n) is 9.46. The van der Waals surface area contributed by atoms with Crippen molar-refractivity contribution in [2.45, 2.75) is 63.1 Å².